The van der Waals surface area contributed by atoms with E-state index in [4.69, 9.17) is 23.2 Å². The van der Waals surface area contributed by atoms with Gasteiger partial charge in [-0.05, 0) is 49.3 Å². The molecule has 1 aliphatic carbocycles. The van der Waals surface area contributed by atoms with Crippen LogP contribution in [0.5, 0.6) is 0 Å². The van der Waals surface area contributed by atoms with E-state index in [9.17, 15) is 13.2 Å². The lowest BCUT2D eigenvalue weighted by Gasteiger charge is -2.32. The first-order valence-corrected chi connectivity index (χ1v) is 12.4. The van der Waals surface area contributed by atoms with Crippen LogP contribution in [-0.2, 0) is 20.6 Å². The molecule has 1 amide bonds. The molecule has 28 heavy (non-hydrogen) atoms. The van der Waals surface area contributed by atoms with Gasteiger partial charge in [-0.3, -0.25) is 4.79 Å². The molecule has 2 fully saturated rings. The second-order valence-corrected chi connectivity index (χ2v) is 10.8. The van der Waals surface area contributed by atoms with Crippen molar-refractivity contribution in [2.75, 3.05) is 19.6 Å². The van der Waals surface area contributed by atoms with E-state index in [-0.39, 0.29) is 24.1 Å². The summed E-state index contributed by atoms with van der Waals surface area (Å²) in [5.41, 5.74) is 0.523. The molecule has 1 saturated carbocycles. The maximum Gasteiger partial charge on any atom is 0.224 e. The first-order valence-electron chi connectivity index (χ1n) is 10.0. The summed E-state index contributed by atoms with van der Waals surface area (Å²) in [7, 11) is -3.55. The van der Waals surface area contributed by atoms with E-state index >= 15 is 0 Å². The number of carbonyl (C=O) groups excluding carboxylic acids is 1. The van der Waals surface area contributed by atoms with Crippen molar-refractivity contribution in [1.29, 1.82) is 0 Å². The van der Waals surface area contributed by atoms with Crippen LogP contribution in [0.25, 0.3) is 0 Å². The van der Waals surface area contributed by atoms with Gasteiger partial charge in [-0.15, -0.1) is 0 Å². The molecule has 0 bridgehead atoms. The fraction of sp³-hybridized carbons (Fsp3) is 0.650. The van der Waals surface area contributed by atoms with Gasteiger partial charge in [0.25, 0.3) is 0 Å². The topological polar surface area (TPSA) is 66.5 Å². The Bertz CT molecular complexity index is 795. The number of carbonyl (C=O) groups is 1. The van der Waals surface area contributed by atoms with E-state index in [1.807, 2.05) is 0 Å². The molecule has 8 heteroatoms. The van der Waals surface area contributed by atoms with Crippen LogP contribution in [0.2, 0.25) is 10.0 Å². The van der Waals surface area contributed by atoms with Crippen LogP contribution < -0.4 is 5.32 Å². The summed E-state index contributed by atoms with van der Waals surface area (Å²) in [5, 5.41) is 3.88. The number of hydrogen-bond acceptors (Lipinski definition) is 3. The molecule has 0 aromatic heterocycles. The maximum atomic E-state index is 12.9. The van der Waals surface area contributed by atoms with Gasteiger partial charge in [-0.25, -0.2) is 12.7 Å². The van der Waals surface area contributed by atoms with Gasteiger partial charge in [0, 0.05) is 29.7 Å². The van der Waals surface area contributed by atoms with Crippen molar-refractivity contribution in [3.8, 4) is 0 Å². The Balaban J connectivity index is 1.57. The van der Waals surface area contributed by atoms with E-state index in [1.54, 1.807) is 18.2 Å². The van der Waals surface area contributed by atoms with Crippen LogP contribution in [0.4, 0.5) is 0 Å². The SMILES string of the molecule is O=C(NCC1CCCCC1)[C@H]1CCCN(S(=O)(=O)Cc2ccc(Cl)cc2Cl)C1. The second kappa shape index (κ2) is 9.79. The summed E-state index contributed by atoms with van der Waals surface area (Å²) in [6.07, 6.45) is 7.53. The standard InChI is InChI=1S/C20H28Cl2N2O3S/c21-18-9-8-17(19(22)11-18)14-28(26,27)24-10-4-7-16(13-24)20(25)23-12-15-5-2-1-3-6-15/h8-9,11,15-16H,1-7,10,12-14H2,(H,23,25)/t16-/m0/s1. The highest BCUT2D eigenvalue weighted by Gasteiger charge is 2.33. The third-order valence-corrected chi connectivity index (χ3v) is 8.17. The summed E-state index contributed by atoms with van der Waals surface area (Å²) in [5.74, 6) is 0.0790. The predicted octanol–water partition coefficient (Wildman–Crippen LogP) is 4.23. The van der Waals surface area contributed by atoms with Gasteiger partial charge >= 0.3 is 0 Å². The first kappa shape index (κ1) is 21.9. The number of sulfonamides is 1. The van der Waals surface area contributed by atoms with E-state index in [0.29, 0.717) is 41.0 Å². The lowest BCUT2D eigenvalue weighted by atomic mass is 9.89. The molecule has 0 spiro atoms. The highest BCUT2D eigenvalue weighted by molar-refractivity contribution is 7.88. The smallest absolute Gasteiger partial charge is 0.224 e. The van der Waals surface area contributed by atoms with Gasteiger partial charge in [-0.2, -0.15) is 0 Å². The third kappa shape index (κ3) is 5.85. The fourth-order valence-electron chi connectivity index (χ4n) is 4.12. The van der Waals surface area contributed by atoms with Gasteiger partial charge in [0.1, 0.15) is 0 Å². The van der Waals surface area contributed by atoms with Gasteiger partial charge in [0.15, 0.2) is 0 Å². The minimum absolute atomic E-state index is 0.0185. The number of rotatable bonds is 6. The van der Waals surface area contributed by atoms with Gasteiger partial charge in [-0.1, -0.05) is 48.5 Å². The summed E-state index contributed by atoms with van der Waals surface area (Å²) in [4.78, 5) is 12.6. The molecule has 1 aromatic rings. The molecule has 1 saturated heterocycles. The van der Waals surface area contributed by atoms with Crippen LogP contribution >= 0.6 is 23.2 Å². The number of amides is 1. The Labute approximate surface area is 177 Å². The van der Waals surface area contributed by atoms with Crippen molar-refractivity contribution in [3.05, 3.63) is 33.8 Å². The number of benzene rings is 1. The van der Waals surface area contributed by atoms with Crippen LogP contribution in [-0.4, -0.2) is 38.3 Å². The van der Waals surface area contributed by atoms with Crippen molar-refractivity contribution in [2.45, 2.75) is 50.7 Å². The molecular weight excluding hydrogens is 419 g/mol. The van der Waals surface area contributed by atoms with Crippen molar-refractivity contribution in [2.24, 2.45) is 11.8 Å². The monoisotopic (exact) mass is 446 g/mol. The summed E-state index contributed by atoms with van der Waals surface area (Å²) in [6.45, 7) is 1.40. The average Bonchev–Trinajstić information content (AvgIpc) is 2.69. The van der Waals surface area contributed by atoms with Crippen LogP contribution in [0.3, 0.4) is 0 Å². The van der Waals surface area contributed by atoms with E-state index in [2.05, 4.69) is 5.32 Å². The predicted molar refractivity (Wildman–Crippen MR) is 113 cm³/mol. The zero-order chi connectivity index (χ0) is 20.1. The minimum Gasteiger partial charge on any atom is -0.356 e. The van der Waals surface area contributed by atoms with Gasteiger partial charge < -0.3 is 5.32 Å². The van der Waals surface area contributed by atoms with Crippen LogP contribution in [0, 0.1) is 11.8 Å². The Morgan fingerprint density at radius 2 is 1.86 bits per heavy atom. The Morgan fingerprint density at radius 1 is 1.11 bits per heavy atom. The van der Waals surface area contributed by atoms with Crippen molar-refractivity contribution in [1.82, 2.24) is 9.62 Å². The van der Waals surface area contributed by atoms with Gasteiger partial charge in [0.2, 0.25) is 15.9 Å². The Kier molecular flexibility index (Phi) is 7.65. The zero-order valence-corrected chi connectivity index (χ0v) is 18.3. The Hall–Kier alpha value is -0.820. The third-order valence-electron chi connectivity index (χ3n) is 5.79. The largest absolute Gasteiger partial charge is 0.356 e. The molecule has 1 N–H and O–H groups in total. The molecule has 1 heterocycles. The molecule has 0 unspecified atom stereocenters. The number of halogens is 2. The average molecular weight is 447 g/mol. The molecule has 1 aromatic carbocycles. The van der Waals surface area contributed by atoms with Crippen LogP contribution in [0.15, 0.2) is 18.2 Å². The maximum absolute atomic E-state index is 12.9. The zero-order valence-electron chi connectivity index (χ0n) is 16.0. The number of hydrogen-bond donors (Lipinski definition) is 1. The van der Waals surface area contributed by atoms with E-state index < -0.39 is 10.0 Å². The number of piperidine rings is 1. The quantitative estimate of drug-likeness (QED) is 0.710. The van der Waals surface area contributed by atoms with E-state index in [0.717, 1.165) is 6.42 Å². The van der Waals surface area contributed by atoms with E-state index in [1.165, 1.54) is 36.4 Å². The molecule has 156 valence electrons. The highest BCUT2D eigenvalue weighted by atomic mass is 35.5. The number of nitrogens with one attached hydrogen (secondary N) is 1. The number of nitrogens with zero attached hydrogens (tertiary/aromatic N) is 1. The molecule has 2 aliphatic rings. The molecule has 5 nitrogen and oxygen atoms in total. The van der Waals surface area contributed by atoms with Crippen LogP contribution in [0.1, 0.15) is 50.5 Å². The second-order valence-electron chi connectivity index (χ2n) is 7.94. The minimum atomic E-state index is -3.55. The lowest BCUT2D eigenvalue weighted by molar-refractivity contribution is -0.126. The highest BCUT2D eigenvalue weighted by Crippen LogP contribution is 2.27. The normalized spacial score (nSPS) is 22.1. The molecular formula is C20H28Cl2N2O3S. The molecule has 3 rings (SSSR count). The lowest BCUT2D eigenvalue weighted by Crippen LogP contribution is -2.46. The van der Waals surface area contributed by atoms with Crippen molar-refractivity contribution >= 4 is 39.1 Å². The summed E-state index contributed by atoms with van der Waals surface area (Å²) >= 11 is 12.0. The van der Waals surface area contributed by atoms with Crippen molar-refractivity contribution < 1.29 is 13.2 Å². The molecule has 1 aliphatic heterocycles. The van der Waals surface area contributed by atoms with Gasteiger partial charge in [0.05, 0.1) is 11.7 Å². The molecule has 0 radical (unpaired) electrons. The van der Waals surface area contributed by atoms with Crippen molar-refractivity contribution in [3.63, 3.8) is 0 Å². The summed E-state index contributed by atoms with van der Waals surface area (Å²) in [6, 6.07) is 4.82. The molecule has 1 atom stereocenters. The first-order chi connectivity index (χ1) is 13.3. The fourth-order valence-corrected chi connectivity index (χ4v) is 6.31. The Morgan fingerprint density at radius 3 is 2.57 bits per heavy atom. The summed E-state index contributed by atoms with van der Waals surface area (Å²) < 4.78 is 27.2.